The molecule has 1 aromatic carbocycles. The maximum Gasteiger partial charge on any atom is 0.350 e. The molecule has 0 unspecified atom stereocenters. The van der Waals surface area contributed by atoms with Crippen LogP contribution < -0.4 is 5.32 Å². The van der Waals surface area contributed by atoms with E-state index in [1.165, 1.54) is 7.11 Å². The second-order valence-electron chi connectivity index (χ2n) is 6.99. The van der Waals surface area contributed by atoms with Crippen LogP contribution in [0.2, 0.25) is 0 Å². The van der Waals surface area contributed by atoms with E-state index in [1.54, 1.807) is 6.92 Å². The van der Waals surface area contributed by atoms with Crippen LogP contribution in [-0.4, -0.2) is 38.6 Å². The standard InChI is InChI=1S/C21H21N5O3S/c1-11-14(13(3)26-19(22-11)15-7-5-6-8-16(15)25-26)9-10-17(27)24-21-23-12(2)18(30-21)20(28)29-4/h5-8H,9-10H2,1-4H3,(H,23,24,27). The molecule has 0 aliphatic carbocycles. The van der Waals surface area contributed by atoms with Gasteiger partial charge in [0.15, 0.2) is 10.8 Å². The van der Waals surface area contributed by atoms with Gasteiger partial charge in [-0.3, -0.25) is 4.79 Å². The number of thiazole rings is 1. The van der Waals surface area contributed by atoms with E-state index in [4.69, 9.17) is 9.72 Å². The molecule has 0 spiro atoms. The maximum absolute atomic E-state index is 12.5. The third-order valence-corrected chi connectivity index (χ3v) is 6.09. The van der Waals surface area contributed by atoms with E-state index in [2.05, 4.69) is 15.4 Å². The number of ether oxygens (including phenoxy) is 1. The first kappa shape index (κ1) is 20.0. The minimum atomic E-state index is -0.456. The van der Waals surface area contributed by atoms with E-state index in [9.17, 15) is 9.59 Å². The van der Waals surface area contributed by atoms with Gasteiger partial charge in [0.1, 0.15) is 4.88 Å². The number of amides is 1. The van der Waals surface area contributed by atoms with Crippen LogP contribution in [0.5, 0.6) is 0 Å². The van der Waals surface area contributed by atoms with Crippen molar-refractivity contribution in [2.24, 2.45) is 0 Å². The Morgan fingerprint density at radius 3 is 2.67 bits per heavy atom. The molecule has 0 atom stereocenters. The molecule has 0 saturated heterocycles. The Morgan fingerprint density at radius 1 is 1.13 bits per heavy atom. The molecule has 4 aromatic rings. The summed E-state index contributed by atoms with van der Waals surface area (Å²) in [6.07, 6.45) is 0.790. The minimum absolute atomic E-state index is 0.176. The molecule has 3 heterocycles. The van der Waals surface area contributed by atoms with Gasteiger partial charge in [0.2, 0.25) is 5.91 Å². The van der Waals surface area contributed by atoms with Gasteiger partial charge < -0.3 is 10.1 Å². The number of anilines is 1. The van der Waals surface area contributed by atoms with Gasteiger partial charge in [0.05, 0.1) is 18.3 Å². The Kier molecular flexibility index (Phi) is 5.21. The number of nitrogens with zero attached hydrogens (tertiary/aromatic N) is 4. The second-order valence-corrected chi connectivity index (χ2v) is 7.99. The molecule has 4 rings (SSSR count). The largest absolute Gasteiger partial charge is 0.465 e. The molecule has 0 radical (unpaired) electrons. The van der Waals surface area contributed by atoms with Crippen molar-refractivity contribution in [2.45, 2.75) is 33.6 Å². The summed E-state index contributed by atoms with van der Waals surface area (Å²) < 4.78 is 6.57. The zero-order valence-electron chi connectivity index (χ0n) is 17.1. The topological polar surface area (TPSA) is 98.5 Å². The van der Waals surface area contributed by atoms with Crippen LogP contribution in [0.15, 0.2) is 24.3 Å². The number of rotatable bonds is 5. The minimum Gasteiger partial charge on any atom is -0.465 e. The Bertz CT molecular complexity index is 1290. The molecule has 8 nitrogen and oxygen atoms in total. The van der Waals surface area contributed by atoms with Crippen molar-refractivity contribution >= 4 is 44.9 Å². The average molecular weight is 423 g/mol. The molecule has 0 aliphatic heterocycles. The van der Waals surface area contributed by atoms with Gasteiger partial charge in [-0.05, 0) is 44.9 Å². The van der Waals surface area contributed by atoms with Crippen LogP contribution in [-0.2, 0) is 16.0 Å². The van der Waals surface area contributed by atoms with Crippen LogP contribution >= 0.6 is 11.3 Å². The second kappa shape index (κ2) is 7.83. The Morgan fingerprint density at radius 2 is 1.90 bits per heavy atom. The summed E-state index contributed by atoms with van der Waals surface area (Å²) in [5, 5.41) is 8.81. The van der Waals surface area contributed by atoms with E-state index in [0.717, 1.165) is 44.8 Å². The normalized spacial score (nSPS) is 11.2. The van der Waals surface area contributed by atoms with Gasteiger partial charge in [-0.2, -0.15) is 5.10 Å². The van der Waals surface area contributed by atoms with Crippen molar-refractivity contribution in [2.75, 3.05) is 12.4 Å². The number of benzene rings is 1. The fourth-order valence-electron chi connectivity index (χ4n) is 3.49. The highest BCUT2D eigenvalue weighted by Gasteiger charge is 2.18. The zero-order chi connectivity index (χ0) is 21.4. The third kappa shape index (κ3) is 3.52. The molecule has 0 bridgehead atoms. The lowest BCUT2D eigenvalue weighted by Crippen LogP contribution is -2.14. The van der Waals surface area contributed by atoms with Gasteiger partial charge in [-0.15, -0.1) is 0 Å². The predicted octanol–water partition coefficient (Wildman–Crippen LogP) is 3.62. The summed E-state index contributed by atoms with van der Waals surface area (Å²) in [7, 11) is 1.32. The first-order valence-corrected chi connectivity index (χ1v) is 10.3. The highest BCUT2D eigenvalue weighted by Crippen LogP contribution is 2.25. The number of aryl methyl sites for hydroxylation is 3. The fourth-order valence-corrected chi connectivity index (χ4v) is 4.39. The molecule has 9 heteroatoms. The van der Waals surface area contributed by atoms with Gasteiger partial charge in [0, 0.05) is 23.2 Å². The number of nitrogens with one attached hydrogen (secondary N) is 1. The quantitative estimate of drug-likeness (QED) is 0.492. The van der Waals surface area contributed by atoms with E-state index in [1.807, 2.05) is 42.6 Å². The van der Waals surface area contributed by atoms with Crippen LogP contribution in [0, 0.1) is 20.8 Å². The molecule has 0 aliphatic rings. The third-order valence-electron chi connectivity index (χ3n) is 5.03. The molecule has 30 heavy (non-hydrogen) atoms. The van der Waals surface area contributed by atoms with Crippen molar-refractivity contribution in [1.82, 2.24) is 19.6 Å². The molecule has 3 aromatic heterocycles. The number of esters is 1. The number of hydrogen-bond donors (Lipinski definition) is 1. The number of methoxy groups -OCH3 is 1. The number of aromatic nitrogens is 4. The van der Waals surface area contributed by atoms with Crippen LogP contribution in [0.4, 0.5) is 5.13 Å². The Balaban J connectivity index is 1.53. The molecule has 1 amide bonds. The molecule has 154 valence electrons. The first-order valence-electron chi connectivity index (χ1n) is 9.48. The summed E-state index contributed by atoms with van der Waals surface area (Å²) in [4.78, 5) is 33.5. The maximum atomic E-state index is 12.5. The van der Waals surface area contributed by atoms with Crippen LogP contribution in [0.1, 0.15) is 38.7 Å². The van der Waals surface area contributed by atoms with Gasteiger partial charge in [-0.25, -0.2) is 19.3 Å². The molecule has 0 fully saturated rings. The monoisotopic (exact) mass is 423 g/mol. The molecule has 1 N–H and O–H groups in total. The van der Waals surface area contributed by atoms with Crippen molar-refractivity contribution in [3.05, 3.63) is 51.8 Å². The first-order chi connectivity index (χ1) is 14.4. The summed E-state index contributed by atoms with van der Waals surface area (Å²) in [6, 6.07) is 7.90. The lowest BCUT2D eigenvalue weighted by atomic mass is 10.1. The van der Waals surface area contributed by atoms with E-state index in [0.29, 0.717) is 22.1 Å². The van der Waals surface area contributed by atoms with Crippen molar-refractivity contribution in [3.8, 4) is 0 Å². The highest BCUT2D eigenvalue weighted by atomic mass is 32.1. The van der Waals surface area contributed by atoms with Crippen molar-refractivity contribution in [1.29, 1.82) is 0 Å². The van der Waals surface area contributed by atoms with Gasteiger partial charge >= 0.3 is 5.97 Å². The average Bonchev–Trinajstić information content (AvgIpc) is 3.27. The summed E-state index contributed by atoms with van der Waals surface area (Å²) in [6.45, 7) is 5.66. The smallest absolute Gasteiger partial charge is 0.350 e. The van der Waals surface area contributed by atoms with Crippen LogP contribution in [0.3, 0.4) is 0 Å². The summed E-state index contributed by atoms with van der Waals surface area (Å²) in [5.41, 5.74) is 5.10. The van der Waals surface area contributed by atoms with Gasteiger partial charge in [-0.1, -0.05) is 23.5 Å². The van der Waals surface area contributed by atoms with Crippen LogP contribution in [0.25, 0.3) is 16.6 Å². The highest BCUT2D eigenvalue weighted by molar-refractivity contribution is 7.17. The van der Waals surface area contributed by atoms with E-state index < -0.39 is 5.97 Å². The van der Waals surface area contributed by atoms with Gasteiger partial charge in [0.25, 0.3) is 0 Å². The lowest BCUT2D eigenvalue weighted by Gasteiger charge is -2.11. The Labute approximate surface area is 176 Å². The molecular formula is C21H21N5O3S. The number of carbonyl (C=O) groups is 2. The molecule has 0 saturated carbocycles. The SMILES string of the molecule is COC(=O)c1sc(NC(=O)CCc2c(C)nc3c4ccccc4nn3c2C)nc1C. The fraction of sp³-hybridized carbons (Fsp3) is 0.286. The number of hydrogen-bond acceptors (Lipinski definition) is 7. The summed E-state index contributed by atoms with van der Waals surface area (Å²) in [5.74, 6) is -0.632. The zero-order valence-corrected chi connectivity index (χ0v) is 18.0. The lowest BCUT2D eigenvalue weighted by molar-refractivity contribution is -0.116. The van der Waals surface area contributed by atoms with E-state index in [-0.39, 0.29) is 12.3 Å². The van der Waals surface area contributed by atoms with E-state index >= 15 is 0 Å². The van der Waals surface area contributed by atoms with Crippen molar-refractivity contribution in [3.63, 3.8) is 0 Å². The molecular weight excluding hydrogens is 402 g/mol. The Hall–Kier alpha value is -3.33. The number of fused-ring (bicyclic) bond motifs is 3. The summed E-state index contributed by atoms with van der Waals surface area (Å²) >= 11 is 1.11. The van der Waals surface area contributed by atoms with Crippen molar-refractivity contribution < 1.29 is 14.3 Å². The predicted molar refractivity (Wildman–Crippen MR) is 115 cm³/mol. The number of carbonyl (C=O) groups excluding carboxylic acids is 2.